The van der Waals surface area contributed by atoms with Gasteiger partial charge in [-0.15, -0.1) is 0 Å². The second-order valence-corrected chi connectivity index (χ2v) is 5.22. The van der Waals surface area contributed by atoms with Crippen molar-refractivity contribution in [1.29, 1.82) is 0 Å². The number of carbonyl (C=O) groups is 1. The molecule has 0 aromatic carbocycles. The fraction of sp³-hybridized carbons (Fsp3) is 0.923. The Morgan fingerprint density at radius 1 is 1.24 bits per heavy atom. The highest BCUT2D eigenvalue weighted by Gasteiger charge is 2.24. The number of ether oxygens (including phenoxy) is 1. The molecule has 0 spiro atoms. The Bertz CT molecular complexity index is 246. The Morgan fingerprint density at radius 2 is 1.88 bits per heavy atom. The highest BCUT2D eigenvalue weighted by molar-refractivity contribution is 5.80. The van der Waals surface area contributed by atoms with E-state index >= 15 is 0 Å². The molecule has 1 unspecified atom stereocenters. The number of nitrogens with one attached hydrogen (secondary N) is 2. The third kappa shape index (κ3) is 3.96. The van der Waals surface area contributed by atoms with Crippen LogP contribution < -0.4 is 10.6 Å². The predicted molar refractivity (Wildman–Crippen MR) is 66.8 cm³/mol. The van der Waals surface area contributed by atoms with Gasteiger partial charge in [-0.2, -0.15) is 0 Å². The van der Waals surface area contributed by atoms with Crippen LogP contribution in [0.2, 0.25) is 0 Å². The van der Waals surface area contributed by atoms with Gasteiger partial charge in [0, 0.05) is 6.04 Å². The van der Waals surface area contributed by atoms with Crippen LogP contribution >= 0.6 is 0 Å². The lowest BCUT2D eigenvalue weighted by Crippen LogP contribution is -2.43. The number of piperidine rings is 1. The summed E-state index contributed by atoms with van der Waals surface area (Å²) in [6, 6.07) is 0.390. The average Bonchev–Trinajstić information content (AvgIpc) is 2.83. The van der Waals surface area contributed by atoms with Crippen molar-refractivity contribution < 1.29 is 9.53 Å². The molecule has 0 radical (unpaired) electrons. The topological polar surface area (TPSA) is 50.4 Å². The summed E-state index contributed by atoms with van der Waals surface area (Å²) < 4.78 is 5.81. The lowest BCUT2D eigenvalue weighted by atomic mass is 10.1. The van der Waals surface area contributed by atoms with Crippen molar-refractivity contribution in [3.8, 4) is 0 Å². The fourth-order valence-corrected chi connectivity index (χ4v) is 2.67. The molecular formula is C13H24N2O2. The van der Waals surface area contributed by atoms with Crippen molar-refractivity contribution in [2.45, 2.75) is 63.7 Å². The molecule has 1 saturated heterocycles. The molecule has 1 aliphatic carbocycles. The second kappa shape index (κ2) is 6.36. The number of rotatable bonds is 4. The molecule has 1 heterocycles. The van der Waals surface area contributed by atoms with Crippen molar-refractivity contribution in [3.05, 3.63) is 0 Å². The number of hydrogen-bond donors (Lipinski definition) is 2. The van der Waals surface area contributed by atoms with Crippen LogP contribution in [0.25, 0.3) is 0 Å². The van der Waals surface area contributed by atoms with Gasteiger partial charge in [0.1, 0.15) is 6.10 Å². The van der Waals surface area contributed by atoms with Gasteiger partial charge in [-0.25, -0.2) is 0 Å². The highest BCUT2D eigenvalue weighted by atomic mass is 16.5. The van der Waals surface area contributed by atoms with Gasteiger partial charge in [-0.3, -0.25) is 4.79 Å². The lowest BCUT2D eigenvalue weighted by molar-refractivity contribution is -0.137. The number of carbonyl (C=O) groups excluding carboxylic acids is 1. The van der Waals surface area contributed by atoms with Crippen LogP contribution in [0, 0.1) is 0 Å². The molecule has 1 amide bonds. The molecule has 0 aromatic rings. The molecule has 1 saturated carbocycles. The normalized spacial score (nSPS) is 24.8. The molecule has 17 heavy (non-hydrogen) atoms. The molecule has 2 aliphatic rings. The maximum atomic E-state index is 11.9. The first-order valence-electron chi connectivity index (χ1n) is 6.92. The van der Waals surface area contributed by atoms with Crippen molar-refractivity contribution >= 4 is 5.91 Å². The van der Waals surface area contributed by atoms with Crippen LogP contribution in [0.1, 0.15) is 45.4 Å². The summed E-state index contributed by atoms with van der Waals surface area (Å²) in [6.45, 7) is 3.87. The van der Waals surface area contributed by atoms with E-state index in [0.717, 1.165) is 38.8 Å². The summed E-state index contributed by atoms with van der Waals surface area (Å²) in [4.78, 5) is 11.9. The monoisotopic (exact) mass is 240 g/mol. The molecule has 4 heteroatoms. The third-order valence-electron chi connectivity index (χ3n) is 3.75. The van der Waals surface area contributed by atoms with Crippen LogP contribution in [-0.2, 0) is 9.53 Å². The third-order valence-corrected chi connectivity index (χ3v) is 3.75. The largest absolute Gasteiger partial charge is 0.365 e. The van der Waals surface area contributed by atoms with E-state index in [1.54, 1.807) is 0 Å². The van der Waals surface area contributed by atoms with E-state index in [9.17, 15) is 4.79 Å². The first-order valence-corrected chi connectivity index (χ1v) is 6.92. The van der Waals surface area contributed by atoms with E-state index in [1.165, 1.54) is 12.8 Å². The van der Waals surface area contributed by atoms with Gasteiger partial charge < -0.3 is 15.4 Å². The summed E-state index contributed by atoms with van der Waals surface area (Å²) in [5.41, 5.74) is 0. The van der Waals surface area contributed by atoms with Gasteiger partial charge in [0.15, 0.2) is 0 Å². The van der Waals surface area contributed by atoms with Crippen LogP contribution in [0.4, 0.5) is 0 Å². The fourth-order valence-electron chi connectivity index (χ4n) is 2.67. The Morgan fingerprint density at radius 3 is 2.53 bits per heavy atom. The minimum atomic E-state index is -0.307. The first-order chi connectivity index (χ1) is 8.25. The summed E-state index contributed by atoms with van der Waals surface area (Å²) in [5, 5.41) is 6.38. The zero-order valence-electron chi connectivity index (χ0n) is 10.7. The standard InChI is InChI=1S/C13H24N2O2/c1-10(17-12-6-8-14-9-7-12)13(16)15-11-4-2-3-5-11/h10-12,14H,2-9H2,1H3,(H,15,16). The first kappa shape index (κ1) is 12.8. The van der Waals surface area contributed by atoms with Crippen molar-refractivity contribution in [2.24, 2.45) is 0 Å². The van der Waals surface area contributed by atoms with Gasteiger partial charge in [0.2, 0.25) is 5.91 Å². The average molecular weight is 240 g/mol. The zero-order chi connectivity index (χ0) is 12.1. The Hall–Kier alpha value is -0.610. The predicted octanol–water partition coefficient (Wildman–Crippen LogP) is 1.20. The maximum absolute atomic E-state index is 11.9. The lowest BCUT2D eigenvalue weighted by Gasteiger charge is -2.26. The molecular weight excluding hydrogens is 216 g/mol. The maximum Gasteiger partial charge on any atom is 0.249 e. The SMILES string of the molecule is CC(OC1CCNCC1)C(=O)NC1CCCC1. The molecule has 2 fully saturated rings. The van der Waals surface area contributed by atoms with Gasteiger partial charge >= 0.3 is 0 Å². The molecule has 4 nitrogen and oxygen atoms in total. The van der Waals surface area contributed by atoms with Gasteiger partial charge in [-0.1, -0.05) is 12.8 Å². The molecule has 0 aromatic heterocycles. The van der Waals surface area contributed by atoms with Gasteiger partial charge in [0.05, 0.1) is 6.10 Å². The van der Waals surface area contributed by atoms with Gasteiger partial charge in [0.25, 0.3) is 0 Å². The summed E-state index contributed by atoms with van der Waals surface area (Å²) >= 11 is 0. The Labute approximate surface area is 103 Å². The molecule has 1 atom stereocenters. The van der Waals surface area contributed by atoms with E-state index in [-0.39, 0.29) is 18.1 Å². The Balaban J connectivity index is 1.70. The zero-order valence-corrected chi connectivity index (χ0v) is 10.7. The second-order valence-electron chi connectivity index (χ2n) is 5.22. The summed E-state index contributed by atoms with van der Waals surface area (Å²) in [5.74, 6) is 0.0652. The minimum absolute atomic E-state index is 0.0652. The van der Waals surface area contributed by atoms with Crippen LogP contribution in [0.3, 0.4) is 0 Å². The highest BCUT2D eigenvalue weighted by Crippen LogP contribution is 2.18. The summed E-state index contributed by atoms with van der Waals surface area (Å²) in [7, 11) is 0. The van der Waals surface area contributed by atoms with Crippen LogP contribution in [0.15, 0.2) is 0 Å². The minimum Gasteiger partial charge on any atom is -0.365 e. The van der Waals surface area contributed by atoms with Crippen molar-refractivity contribution in [2.75, 3.05) is 13.1 Å². The molecule has 2 N–H and O–H groups in total. The van der Waals surface area contributed by atoms with E-state index in [2.05, 4.69) is 10.6 Å². The number of hydrogen-bond acceptors (Lipinski definition) is 3. The van der Waals surface area contributed by atoms with Crippen molar-refractivity contribution in [1.82, 2.24) is 10.6 Å². The number of amides is 1. The quantitative estimate of drug-likeness (QED) is 0.776. The van der Waals surface area contributed by atoms with Gasteiger partial charge in [-0.05, 0) is 45.7 Å². The van der Waals surface area contributed by atoms with Crippen molar-refractivity contribution in [3.63, 3.8) is 0 Å². The van der Waals surface area contributed by atoms with E-state index in [1.807, 2.05) is 6.92 Å². The van der Waals surface area contributed by atoms with E-state index in [4.69, 9.17) is 4.74 Å². The summed E-state index contributed by atoms with van der Waals surface area (Å²) in [6.07, 6.45) is 6.72. The molecule has 0 bridgehead atoms. The molecule has 2 rings (SSSR count). The molecule has 1 aliphatic heterocycles. The van der Waals surface area contributed by atoms with E-state index < -0.39 is 0 Å². The van der Waals surface area contributed by atoms with Crippen LogP contribution in [0.5, 0.6) is 0 Å². The Kier molecular flexibility index (Phi) is 4.80. The molecule has 98 valence electrons. The van der Waals surface area contributed by atoms with Crippen LogP contribution in [-0.4, -0.2) is 37.2 Å². The van der Waals surface area contributed by atoms with E-state index in [0.29, 0.717) is 6.04 Å². The smallest absolute Gasteiger partial charge is 0.249 e.